The van der Waals surface area contributed by atoms with Gasteiger partial charge in [-0.2, -0.15) is 0 Å². The normalized spacial score (nSPS) is 16.2. The number of rotatable bonds is 5. The summed E-state index contributed by atoms with van der Waals surface area (Å²) >= 11 is 11.3. The fourth-order valence-electron chi connectivity index (χ4n) is 3.43. The minimum atomic E-state index is -0.204. The summed E-state index contributed by atoms with van der Waals surface area (Å²) in [5.74, 6) is -0.202. The molecule has 1 atom stereocenters. The Balaban J connectivity index is 1.59. The number of amides is 1. The van der Waals surface area contributed by atoms with Crippen LogP contribution in [-0.4, -0.2) is 34.7 Å². The Morgan fingerprint density at radius 2 is 2.07 bits per heavy atom. The number of fused-ring (bicyclic) bond motifs is 1. The van der Waals surface area contributed by atoms with E-state index in [1.165, 1.54) is 4.57 Å². The summed E-state index contributed by atoms with van der Waals surface area (Å²) < 4.78 is 7.32. The van der Waals surface area contributed by atoms with E-state index in [9.17, 15) is 9.59 Å². The van der Waals surface area contributed by atoms with Gasteiger partial charge < -0.3 is 15.0 Å². The van der Waals surface area contributed by atoms with Gasteiger partial charge in [-0.25, -0.2) is 0 Å². The molecule has 8 heteroatoms. The van der Waals surface area contributed by atoms with E-state index in [1.54, 1.807) is 30.3 Å². The zero-order valence-electron chi connectivity index (χ0n) is 15.6. The second-order valence-corrected chi connectivity index (χ2v) is 7.88. The van der Waals surface area contributed by atoms with Crippen molar-refractivity contribution in [3.63, 3.8) is 0 Å². The summed E-state index contributed by atoms with van der Waals surface area (Å²) in [7, 11) is 0. The number of nitrogens with zero attached hydrogens (tertiary/aromatic N) is 1. The van der Waals surface area contributed by atoms with Crippen LogP contribution in [0.5, 0.6) is 0 Å². The Kier molecular flexibility index (Phi) is 5.80. The van der Waals surface area contributed by atoms with Crippen LogP contribution >= 0.6 is 23.8 Å². The van der Waals surface area contributed by atoms with E-state index >= 15 is 0 Å². The number of halogens is 1. The first-order valence-electron chi connectivity index (χ1n) is 9.42. The molecule has 6 nitrogen and oxygen atoms in total. The predicted octanol–water partition coefficient (Wildman–Crippen LogP) is 3.67. The quantitative estimate of drug-likeness (QED) is 0.607. The van der Waals surface area contributed by atoms with E-state index in [0.717, 1.165) is 25.0 Å². The highest BCUT2D eigenvalue weighted by Crippen LogP contribution is 2.14. The number of hydrogen-bond acceptors (Lipinski definition) is 4. The van der Waals surface area contributed by atoms with Crippen LogP contribution in [0.2, 0.25) is 5.02 Å². The van der Waals surface area contributed by atoms with Crippen LogP contribution < -0.4 is 10.9 Å². The summed E-state index contributed by atoms with van der Waals surface area (Å²) in [5, 5.41) is 3.99. The van der Waals surface area contributed by atoms with Gasteiger partial charge in [0.15, 0.2) is 4.77 Å². The molecule has 1 aliphatic heterocycles. The molecule has 1 fully saturated rings. The lowest BCUT2D eigenvalue weighted by Crippen LogP contribution is -2.31. The fraction of sp³-hybridized carbons (Fsp3) is 0.286. The van der Waals surface area contributed by atoms with Gasteiger partial charge in [-0.3, -0.25) is 14.2 Å². The van der Waals surface area contributed by atoms with Crippen molar-refractivity contribution in [3.8, 4) is 0 Å². The van der Waals surface area contributed by atoms with Crippen LogP contribution in [0.4, 0.5) is 0 Å². The number of benzene rings is 2. The molecule has 2 aromatic carbocycles. The summed E-state index contributed by atoms with van der Waals surface area (Å²) in [6, 6.07) is 12.2. The molecule has 2 N–H and O–H groups in total. The number of aromatic nitrogens is 2. The third-order valence-electron chi connectivity index (χ3n) is 5.01. The molecule has 1 saturated heterocycles. The van der Waals surface area contributed by atoms with Crippen LogP contribution in [0.15, 0.2) is 47.3 Å². The smallest absolute Gasteiger partial charge is 0.262 e. The molecule has 1 aromatic heterocycles. The van der Waals surface area contributed by atoms with Gasteiger partial charge in [0.05, 0.1) is 23.6 Å². The Hall–Kier alpha value is -2.48. The molecule has 2 heterocycles. The van der Waals surface area contributed by atoms with Crippen LogP contribution in [0.25, 0.3) is 10.9 Å². The Morgan fingerprint density at radius 3 is 2.79 bits per heavy atom. The molecule has 29 heavy (non-hydrogen) atoms. The molecule has 1 aliphatic rings. The van der Waals surface area contributed by atoms with Crippen molar-refractivity contribution in [1.82, 2.24) is 14.9 Å². The van der Waals surface area contributed by atoms with Crippen molar-refractivity contribution < 1.29 is 9.53 Å². The highest BCUT2D eigenvalue weighted by Gasteiger charge is 2.17. The highest BCUT2D eigenvalue weighted by atomic mass is 35.5. The average Bonchev–Trinajstić information content (AvgIpc) is 3.24. The molecule has 150 valence electrons. The molecule has 0 radical (unpaired) electrons. The Labute approximate surface area is 177 Å². The molecule has 0 aliphatic carbocycles. The monoisotopic (exact) mass is 429 g/mol. The van der Waals surface area contributed by atoms with E-state index in [-0.39, 0.29) is 17.6 Å². The topological polar surface area (TPSA) is 76.1 Å². The summed E-state index contributed by atoms with van der Waals surface area (Å²) in [6.07, 6.45) is 2.05. The number of carbonyl (C=O) groups is 1. The average molecular weight is 430 g/mol. The molecular formula is C21H20ClN3O3S. The molecule has 0 spiro atoms. The minimum Gasteiger partial charge on any atom is -0.376 e. The standard InChI is InChI=1S/C21H20ClN3O3S/c22-15-6-3-13(4-7-15)12-25-20(27)17-8-5-14(10-18(17)24-21(25)29)19(26)23-11-16-2-1-9-28-16/h3-8,10,16H,1-2,9,11-12H2,(H,23,26)(H,24,29)/t16-/m0/s1. The first-order chi connectivity index (χ1) is 14.0. The van der Waals surface area contributed by atoms with E-state index in [2.05, 4.69) is 10.3 Å². The highest BCUT2D eigenvalue weighted by molar-refractivity contribution is 7.71. The molecule has 4 rings (SSSR count). The number of H-pyrrole nitrogens is 1. The zero-order valence-corrected chi connectivity index (χ0v) is 17.2. The van der Waals surface area contributed by atoms with Gasteiger partial charge in [0, 0.05) is 23.7 Å². The Bertz CT molecular complexity index is 1160. The maximum absolute atomic E-state index is 12.9. The Morgan fingerprint density at radius 1 is 1.28 bits per heavy atom. The van der Waals surface area contributed by atoms with Gasteiger partial charge in [-0.05, 0) is 61.0 Å². The van der Waals surface area contributed by atoms with Crippen molar-refractivity contribution in [3.05, 3.63) is 73.7 Å². The van der Waals surface area contributed by atoms with Crippen molar-refractivity contribution in [1.29, 1.82) is 0 Å². The second kappa shape index (κ2) is 8.49. The number of aromatic amines is 1. The summed E-state index contributed by atoms with van der Waals surface area (Å²) in [5.41, 5.74) is 1.72. The van der Waals surface area contributed by atoms with E-state index in [4.69, 9.17) is 28.6 Å². The van der Waals surface area contributed by atoms with Gasteiger partial charge >= 0.3 is 0 Å². The van der Waals surface area contributed by atoms with Crippen molar-refractivity contribution in [2.75, 3.05) is 13.2 Å². The van der Waals surface area contributed by atoms with E-state index in [0.29, 0.717) is 39.3 Å². The van der Waals surface area contributed by atoms with Crippen LogP contribution in [-0.2, 0) is 11.3 Å². The molecular weight excluding hydrogens is 410 g/mol. The summed E-state index contributed by atoms with van der Waals surface area (Å²) in [6.45, 7) is 1.57. The number of hydrogen-bond donors (Lipinski definition) is 2. The number of carbonyl (C=O) groups excluding carboxylic acids is 1. The molecule has 3 aromatic rings. The van der Waals surface area contributed by atoms with Gasteiger partial charge in [0.1, 0.15) is 0 Å². The lowest BCUT2D eigenvalue weighted by molar-refractivity contribution is 0.0858. The lowest BCUT2D eigenvalue weighted by atomic mass is 10.1. The van der Waals surface area contributed by atoms with Crippen LogP contribution in [0.3, 0.4) is 0 Å². The van der Waals surface area contributed by atoms with E-state index in [1.807, 2.05) is 12.1 Å². The zero-order chi connectivity index (χ0) is 20.4. The van der Waals surface area contributed by atoms with Gasteiger partial charge in [0.25, 0.3) is 11.5 Å². The van der Waals surface area contributed by atoms with Crippen molar-refractivity contribution in [2.45, 2.75) is 25.5 Å². The maximum Gasteiger partial charge on any atom is 0.262 e. The number of nitrogens with one attached hydrogen (secondary N) is 2. The van der Waals surface area contributed by atoms with Crippen LogP contribution in [0, 0.1) is 4.77 Å². The molecule has 0 saturated carbocycles. The third-order valence-corrected chi connectivity index (χ3v) is 5.59. The first kappa shape index (κ1) is 19.8. The molecule has 0 unspecified atom stereocenters. The fourth-order valence-corrected chi connectivity index (χ4v) is 3.81. The first-order valence-corrected chi connectivity index (χ1v) is 10.2. The van der Waals surface area contributed by atoms with Crippen LogP contribution in [0.1, 0.15) is 28.8 Å². The van der Waals surface area contributed by atoms with Gasteiger partial charge in [-0.15, -0.1) is 0 Å². The number of ether oxygens (including phenoxy) is 1. The van der Waals surface area contributed by atoms with Gasteiger partial charge in [0.2, 0.25) is 0 Å². The van der Waals surface area contributed by atoms with E-state index < -0.39 is 0 Å². The van der Waals surface area contributed by atoms with Crippen molar-refractivity contribution >= 4 is 40.6 Å². The largest absolute Gasteiger partial charge is 0.376 e. The summed E-state index contributed by atoms with van der Waals surface area (Å²) in [4.78, 5) is 28.5. The minimum absolute atomic E-state index is 0.0743. The SMILES string of the molecule is O=C(NC[C@@H]1CCCO1)c1ccc2c(=O)n(Cc3ccc(Cl)cc3)c(=S)[nH]c2c1. The third kappa shape index (κ3) is 4.42. The lowest BCUT2D eigenvalue weighted by Gasteiger charge is -2.12. The maximum atomic E-state index is 12.9. The van der Waals surface area contributed by atoms with Crippen molar-refractivity contribution in [2.24, 2.45) is 0 Å². The predicted molar refractivity (Wildman–Crippen MR) is 115 cm³/mol. The van der Waals surface area contributed by atoms with Gasteiger partial charge in [-0.1, -0.05) is 23.7 Å². The second-order valence-electron chi connectivity index (χ2n) is 7.05. The molecule has 1 amide bonds. The molecule has 0 bridgehead atoms.